The number of nitrogens with one attached hydrogen (secondary N) is 2. The summed E-state index contributed by atoms with van der Waals surface area (Å²) in [5, 5.41) is 12.8. The molecule has 1 aliphatic heterocycles. The summed E-state index contributed by atoms with van der Waals surface area (Å²) < 4.78 is 5.26. The van der Waals surface area contributed by atoms with Gasteiger partial charge in [-0.2, -0.15) is 0 Å². The second kappa shape index (κ2) is 6.88. The van der Waals surface area contributed by atoms with E-state index in [1.807, 2.05) is 20.0 Å². The summed E-state index contributed by atoms with van der Waals surface area (Å²) in [5.41, 5.74) is 2.44. The molecule has 1 fully saturated rings. The zero-order valence-electron chi connectivity index (χ0n) is 12.1. The summed E-state index contributed by atoms with van der Waals surface area (Å²) in [6.45, 7) is 7.67. The van der Waals surface area contributed by atoms with Crippen LogP contribution in [0, 0.1) is 13.8 Å². The summed E-state index contributed by atoms with van der Waals surface area (Å²) in [5.74, 6) is -0.137. The maximum absolute atomic E-state index is 12.1. The van der Waals surface area contributed by atoms with Crippen molar-refractivity contribution in [1.29, 1.82) is 0 Å². The number of aromatic amines is 1. The smallest absolute Gasteiger partial charge is 0.253 e. The lowest BCUT2D eigenvalue weighted by Crippen LogP contribution is -2.44. The summed E-state index contributed by atoms with van der Waals surface area (Å²) in [6.07, 6.45) is 1.26. The highest BCUT2D eigenvalue weighted by atomic mass is 16.5. The van der Waals surface area contributed by atoms with Gasteiger partial charge in [-0.1, -0.05) is 0 Å². The van der Waals surface area contributed by atoms with Gasteiger partial charge in [0, 0.05) is 38.1 Å². The number of nitrogens with zero attached hydrogens (tertiary/aromatic N) is 1. The van der Waals surface area contributed by atoms with E-state index in [9.17, 15) is 9.90 Å². The van der Waals surface area contributed by atoms with Crippen molar-refractivity contribution < 1.29 is 14.6 Å². The fraction of sp³-hybridized carbons (Fsp3) is 0.643. The molecule has 2 rings (SSSR count). The highest BCUT2D eigenvalue weighted by molar-refractivity contribution is 5.96. The molecule has 2 heterocycles. The molecular formula is C14H23N3O3. The Hall–Kier alpha value is -1.37. The molecule has 0 bridgehead atoms. The number of carbonyl (C=O) groups is 1. The van der Waals surface area contributed by atoms with Gasteiger partial charge in [-0.05, 0) is 19.4 Å². The molecule has 6 heteroatoms. The summed E-state index contributed by atoms with van der Waals surface area (Å²) >= 11 is 0. The van der Waals surface area contributed by atoms with Crippen LogP contribution in [0.25, 0.3) is 0 Å². The third kappa shape index (κ3) is 3.82. The molecular weight excluding hydrogens is 258 g/mol. The van der Waals surface area contributed by atoms with Crippen LogP contribution < -0.4 is 5.32 Å². The lowest BCUT2D eigenvalue weighted by molar-refractivity contribution is 0.0149. The van der Waals surface area contributed by atoms with E-state index >= 15 is 0 Å². The molecule has 0 saturated carbocycles. The molecule has 3 N–H and O–H groups in total. The highest BCUT2D eigenvalue weighted by Crippen LogP contribution is 2.11. The van der Waals surface area contributed by atoms with E-state index in [2.05, 4.69) is 15.2 Å². The summed E-state index contributed by atoms with van der Waals surface area (Å²) in [6, 6.07) is 0. The van der Waals surface area contributed by atoms with Gasteiger partial charge in [0.05, 0.1) is 24.9 Å². The Bertz CT molecular complexity index is 433. The second-order valence-corrected chi connectivity index (χ2v) is 5.25. The van der Waals surface area contributed by atoms with Gasteiger partial charge in [-0.3, -0.25) is 9.69 Å². The van der Waals surface area contributed by atoms with Gasteiger partial charge in [-0.25, -0.2) is 0 Å². The molecule has 1 aromatic rings. The summed E-state index contributed by atoms with van der Waals surface area (Å²) in [7, 11) is 0. The fourth-order valence-electron chi connectivity index (χ4n) is 2.45. The first-order valence-corrected chi connectivity index (χ1v) is 6.99. The highest BCUT2D eigenvalue weighted by Gasteiger charge is 2.17. The molecule has 1 aliphatic rings. The summed E-state index contributed by atoms with van der Waals surface area (Å²) in [4.78, 5) is 17.2. The minimum absolute atomic E-state index is 0.137. The van der Waals surface area contributed by atoms with E-state index in [1.54, 1.807) is 0 Å². The van der Waals surface area contributed by atoms with E-state index in [-0.39, 0.29) is 12.5 Å². The quantitative estimate of drug-likeness (QED) is 0.713. The van der Waals surface area contributed by atoms with Crippen LogP contribution in [0.1, 0.15) is 21.6 Å². The third-order valence-corrected chi connectivity index (χ3v) is 3.57. The molecule has 1 amide bonds. The SMILES string of the molecule is Cc1c[nH]c(C)c1C(=O)NC[C@H](O)CN1CCOCC1. The number of aliphatic hydroxyl groups is 1. The van der Waals surface area contributed by atoms with E-state index < -0.39 is 6.10 Å². The van der Waals surface area contributed by atoms with Gasteiger partial charge in [0.2, 0.25) is 0 Å². The predicted octanol–water partition coefficient (Wildman–Crippen LogP) is 0.0544. The van der Waals surface area contributed by atoms with Crippen molar-refractivity contribution in [2.45, 2.75) is 20.0 Å². The molecule has 20 heavy (non-hydrogen) atoms. The van der Waals surface area contributed by atoms with E-state index in [1.165, 1.54) is 0 Å². The van der Waals surface area contributed by atoms with Gasteiger partial charge >= 0.3 is 0 Å². The Morgan fingerprint density at radius 2 is 2.20 bits per heavy atom. The van der Waals surface area contributed by atoms with Crippen molar-refractivity contribution in [3.05, 3.63) is 23.0 Å². The Morgan fingerprint density at radius 1 is 1.50 bits per heavy atom. The third-order valence-electron chi connectivity index (χ3n) is 3.57. The molecule has 0 spiro atoms. The van der Waals surface area contributed by atoms with Gasteiger partial charge in [-0.15, -0.1) is 0 Å². The van der Waals surface area contributed by atoms with Crippen LogP contribution in [-0.2, 0) is 4.74 Å². The molecule has 1 saturated heterocycles. The molecule has 112 valence electrons. The maximum Gasteiger partial charge on any atom is 0.253 e. The lowest BCUT2D eigenvalue weighted by Gasteiger charge is -2.28. The van der Waals surface area contributed by atoms with Crippen molar-refractivity contribution in [3.63, 3.8) is 0 Å². The van der Waals surface area contributed by atoms with Crippen LogP contribution in [0.4, 0.5) is 0 Å². The minimum atomic E-state index is -0.559. The molecule has 6 nitrogen and oxygen atoms in total. The number of hydrogen-bond donors (Lipinski definition) is 3. The number of ether oxygens (including phenoxy) is 1. The lowest BCUT2D eigenvalue weighted by atomic mass is 10.1. The number of rotatable bonds is 5. The molecule has 0 aliphatic carbocycles. The molecule has 1 atom stereocenters. The van der Waals surface area contributed by atoms with Crippen molar-refractivity contribution in [1.82, 2.24) is 15.2 Å². The average Bonchev–Trinajstić information content (AvgIpc) is 2.77. The number of aliphatic hydroxyl groups excluding tert-OH is 1. The maximum atomic E-state index is 12.1. The normalized spacial score (nSPS) is 17.9. The zero-order chi connectivity index (χ0) is 14.5. The van der Waals surface area contributed by atoms with Crippen LogP contribution in [0.3, 0.4) is 0 Å². The first-order valence-electron chi connectivity index (χ1n) is 6.99. The van der Waals surface area contributed by atoms with Gasteiger partial charge < -0.3 is 20.1 Å². The number of H-pyrrole nitrogens is 1. The number of amides is 1. The van der Waals surface area contributed by atoms with Crippen molar-refractivity contribution in [3.8, 4) is 0 Å². The Kier molecular flexibility index (Phi) is 5.17. The largest absolute Gasteiger partial charge is 0.390 e. The molecule has 1 aromatic heterocycles. The Labute approximate surface area is 119 Å². The Balaban J connectivity index is 1.78. The molecule has 0 unspecified atom stereocenters. The van der Waals surface area contributed by atoms with E-state index in [0.717, 1.165) is 24.3 Å². The first kappa shape index (κ1) is 15.0. The Morgan fingerprint density at radius 3 is 2.80 bits per heavy atom. The number of aryl methyl sites for hydroxylation is 2. The average molecular weight is 281 g/mol. The number of aromatic nitrogens is 1. The number of carbonyl (C=O) groups excluding carboxylic acids is 1. The van der Waals surface area contributed by atoms with Crippen LogP contribution in [0.15, 0.2) is 6.20 Å². The van der Waals surface area contributed by atoms with E-state index in [0.29, 0.717) is 25.3 Å². The zero-order valence-corrected chi connectivity index (χ0v) is 12.1. The van der Waals surface area contributed by atoms with Crippen LogP contribution >= 0.6 is 0 Å². The van der Waals surface area contributed by atoms with E-state index in [4.69, 9.17) is 4.74 Å². The van der Waals surface area contributed by atoms with Gasteiger partial charge in [0.1, 0.15) is 0 Å². The van der Waals surface area contributed by atoms with Crippen LogP contribution in [0.5, 0.6) is 0 Å². The van der Waals surface area contributed by atoms with Crippen molar-refractivity contribution in [2.75, 3.05) is 39.4 Å². The topological polar surface area (TPSA) is 77.6 Å². The van der Waals surface area contributed by atoms with Crippen LogP contribution in [0.2, 0.25) is 0 Å². The number of morpholine rings is 1. The fourth-order valence-corrected chi connectivity index (χ4v) is 2.45. The molecule has 0 aromatic carbocycles. The predicted molar refractivity (Wildman–Crippen MR) is 75.9 cm³/mol. The monoisotopic (exact) mass is 281 g/mol. The molecule has 0 radical (unpaired) electrons. The number of β-amino-alcohol motifs (C(OH)–C–C–N with tert-alkyl or cyclic N) is 1. The standard InChI is InChI=1S/C14H23N3O3/c1-10-7-15-11(2)13(10)14(19)16-8-12(18)9-17-3-5-20-6-4-17/h7,12,15,18H,3-6,8-9H2,1-2H3,(H,16,19)/t12-/m0/s1. The van der Waals surface area contributed by atoms with Gasteiger partial charge in [0.25, 0.3) is 5.91 Å². The first-order chi connectivity index (χ1) is 9.58. The second-order valence-electron chi connectivity index (χ2n) is 5.25. The van der Waals surface area contributed by atoms with Crippen molar-refractivity contribution in [2.24, 2.45) is 0 Å². The van der Waals surface area contributed by atoms with Crippen molar-refractivity contribution >= 4 is 5.91 Å². The van der Waals surface area contributed by atoms with Crippen LogP contribution in [-0.4, -0.2) is 66.4 Å². The number of hydrogen-bond acceptors (Lipinski definition) is 4. The minimum Gasteiger partial charge on any atom is -0.390 e. The van der Waals surface area contributed by atoms with Gasteiger partial charge in [0.15, 0.2) is 0 Å².